The maximum atomic E-state index is 5.73. The van der Waals surface area contributed by atoms with Crippen LogP contribution >= 0.6 is 0 Å². The van der Waals surface area contributed by atoms with E-state index in [1.54, 1.807) is 6.08 Å². The Balaban J connectivity index is 3.35. The maximum Gasteiger partial charge on any atom is 0.0858 e. The zero-order valence-electron chi connectivity index (χ0n) is 6.89. The Morgan fingerprint density at radius 1 is 1.55 bits per heavy atom. The fourth-order valence-corrected chi connectivity index (χ4v) is 1.03. The standard InChI is InChI=1S/C9H12N2/c1-4-8-9(10)6(2)5-7(3)11-8/h4-5H,1,10H2,2-3H3. The van der Waals surface area contributed by atoms with Crippen molar-refractivity contribution >= 4 is 11.8 Å². The van der Waals surface area contributed by atoms with Crippen molar-refractivity contribution in [3.8, 4) is 0 Å². The Kier molecular flexibility index (Phi) is 1.94. The molecule has 0 bridgehead atoms. The molecule has 0 atom stereocenters. The van der Waals surface area contributed by atoms with Gasteiger partial charge in [-0.2, -0.15) is 0 Å². The summed E-state index contributed by atoms with van der Waals surface area (Å²) in [5.74, 6) is 0. The number of aryl methyl sites for hydroxylation is 2. The summed E-state index contributed by atoms with van der Waals surface area (Å²) in [4.78, 5) is 4.21. The molecule has 1 heterocycles. The van der Waals surface area contributed by atoms with E-state index in [0.717, 1.165) is 22.6 Å². The van der Waals surface area contributed by atoms with Gasteiger partial charge in [0.2, 0.25) is 0 Å². The number of aromatic nitrogens is 1. The van der Waals surface area contributed by atoms with Gasteiger partial charge < -0.3 is 5.73 Å². The molecule has 58 valence electrons. The van der Waals surface area contributed by atoms with Crippen LogP contribution in [0.2, 0.25) is 0 Å². The zero-order chi connectivity index (χ0) is 8.43. The second-order valence-electron chi connectivity index (χ2n) is 2.58. The first-order valence-electron chi connectivity index (χ1n) is 3.51. The van der Waals surface area contributed by atoms with Crippen molar-refractivity contribution in [2.45, 2.75) is 13.8 Å². The highest BCUT2D eigenvalue weighted by Crippen LogP contribution is 2.16. The third kappa shape index (κ3) is 1.40. The largest absolute Gasteiger partial charge is 0.397 e. The number of nitrogen functional groups attached to an aromatic ring is 1. The van der Waals surface area contributed by atoms with E-state index in [4.69, 9.17) is 5.73 Å². The summed E-state index contributed by atoms with van der Waals surface area (Å²) in [5.41, 5.74) is 9.28. The smallest absolute Gasteiger partial charge is 0.0858 e. The molecule has 11 heavy (non-hydrogen) atoms. The lowest BCUT2D eigenvalue weighted by Crippen LogP contribution is -1.97. The Labute approximate surface area is 66.8 Å². The van der Waals surface area contributed by atoms with Crippen LogP contribution < -0.4 is 5.73 Å². The zero-order valence-corrected chi connectivity index (χ0v) is 6.89. The molecule has 2 N–H and O–H groups in total. The lowest BCUT2D eigenvalue weighted by molar-refractivity contribution is 1.16. The summed E-state index contributed by atoms with van der Waals surface area (Å²) < 4.78 is 0. The van der Waals surface area contributed by atoms with Gasteiger partial charge in [0.25, 0.3) is 0 Å². The summed E-state index contributed by atoms with van der Waals surface area (Å²) in [6.45, 7) is 7.54. The van der Waals surface area contributed by atoms with Crippen molar-refractivity contribution in [1.82, 2.24) is 4.98 Å². The number of hydrogen-bond donors (Lipinski definition) is 1. The molecule has 0 aliphatic heterocycles. The molecule has 2 heteroatoms. The molecular weight excluding hydrogens is 136 g/mol. The van der Waals surface area contributed by atoms with Crippen molar-refractivity contribution in [2.75, 3.05) is 5.73 Å². The van der Waals surface area contributed by atoms with E-state index in [-0.39, 0.29) is 0 Å². The van der Waals surface area contributed by atoms with Crippen LogP contribution in [0, 0.1) is 13.8 Å². The van der Waals surface area contributed by atoms with Gasteiger partial charge in [-0.05, 0) is 31.6 Å². The molecule has 0 aromatic carbocycles. The maximum absolute atomic E-state index is 5.73. The van der Waals surface area contributed by atoms with E-state index in [0.29, 0.717) is 0 Å². The van der Waals surface area contributed by atoms with Gasteiger partial charge in [-0.3, -0.25) is 4.98 Å². The van der Waals surface area contributed by atoms with Crippen LogP contribution in [-0.2, 0) is 0 Å². The second-order valence-corrected chi connectivity index (χ2v) is 2.58. The highest BCUT2D eigenvalue weighted by Gasteiger charge is 2.00. The molecule has 1 aromatic heterocycles. The van der Waals surface area contributed by atoms with E-state index in [2.05, 4.69) is 11.6 Å². The van der Waals surface area contributed by atoms with Gasteiger partial charge in [0.15, 0.2) is 0 Å². The van der Waals surface area contributed by atoms with Gasteiger partial charge in [-0.25, -0.2) is 0 Å². The Morgan fingerprint density at radius 2 is 2.18 bits per heavy atom. The van der Waals surface area contributed by atoms with Crippen LogP contribution in [0.15, 0.2) is 12.6 Å². The number of pyridine rings is 1. The first-order chi connectivity index (χ1) is 5.15. The van der Waals surface area contributed by atoms with E-state index >= 15 is 0 Å². The number of nitrogens with two attached hydrogens (primary N) is 1. The average molecular weight is 148 g/mol. The summed E-state index contributed by atoms with van der Waals surface area (Å²) in [7, 11) is 0. The molecule has 0 amide bonds. The molecule has 0 aliphatic carbocycles. The average Bonchev–Trinajstić information content (AvgIpc) is 1.96. The van der Waals surface area contributed by atoms with E-state index in [1.807, 2.05) is 19.9 Å². The fraction of sp³-hybridized carbons (Fsp3) is 0.222. The monoisotopic (exact) mass is 148 g/mol. The highest BCUT2D eigenvalue weighted by atomic mass is 14.7. The first kappa shape index (κ1) is 7.79. The fourth-order valence-electron chi connectivity index (χ4n) is 1.03. The van der Waals surface area contributed by atoms with Crippen molar-refractivity contribution < 1.29 is 0 Å². The number of nitrogens with zero attached hydrogens (tertiary/aromatic N) is 1. The van der Waals surface area contributed by atoms with E-state index < -0.39 is 0 Å². The van der Waals surface area contributed by atoms with Crippen LogP contribution in [0.25, 0.3) is 6.08 Å². The second kappa shape index (κ2) is 2.74. The number of rotatable bonds is 1. The van der Waals surface area contributed by atoms with Gasteiger partial charge in [0.05, 0.1) is 11.4 Å². The minimum absolute atomic E-state index is 0.727. The van der Waals surface area contributed by atoms with Crippen molar-refractivity contribution in [3.63, 3.8) is 0 Å². The lowest BCUT2D eigenvalue weighted by Gasteiger charge is -2.04. The molecule has 1 rings (SSSR count). The molecule has 2 nitrogen and oxygen atoms in total. The first-order valence-corrected chi connectivity index (χ1v) is 3.51. The molecular formula is C9H12N2. The Morgan fingerprint density at radius 3 is 2.73 bits per heavy atom. The lowest BCUT2D eigenvalue weighted by atomic mass is 10.1. The normalized spacial score (nSPS) is 9.64. The Bertz CT molecular complexity index is 290. The molecule has 1 aromatic rings. The minimum atomic E-state index is 0.727. The molecule has 0 radical (unpaired) electrons. The topological polar surface area (TPSA) is 38.9 Å². The van der Waals surface area contributed by atoms with Crippen molar-refractivity contribution in [1.29, 1.82) is 0 Å². The Hall–Kier alpha value is -1.31. The van der Waals surface area contributed by atoms with Gasteiger partial charge in [0.1, 0.15) is 0 Å². The van der Waals surface area contributed by atoms with Crippen molar-refractivity contribution in [3.05, 3.63) is 29.6 Å². The molecule has 0 spiro atoms. The van der Waals surface area contributed by atoms with Crippen LogP contribution in [0.3, 0.4) is 0 Å². The molecule has 0 fully saturated rings. The summed E-state index contributed by atoms with van der Waals surface area (Å²) >= 11 is 0. The van der Waals surface area contributed by atoms with Gasteiger partial charge in [0, 0.05) is 5.69 Å². The van der Waals surface area contributed by atoms with Gasteiger partial charge in [-0.1, -0.05) is 6.58 Å². The molecule has 0 saturated heterocycles. The van der Waals surface area contributed by atoms with Gasteiger partial charge >= 0.3 is 0 Å². The highest BCUT2D eigenvalue weighted by molar-refractivity contribution is 5.63. The van der Waals surface area contributed by atoms with Crippen LogP contribution in [-0.4, -0.2) is 4.98 Å². The van der Waals surface area contributed by atoms with Crippen LogP contribution in [0.4, 0.5) is 5.69 Å². The summed E-state index contributed by atoms with van der Waals surface area (Å²) in [6, 6.07) is 1.96. The van der Waals surface area contributed by atoms with Crippen LogP contribution in [0.1, 0.15) is 17.0 Å². The van der Waals surface area contributed by atoms with Crippen molar-refractivity contribution in [2.24, 2.45) is 0 Å². The quantitative estimate of drug-likeness (QED) is 0.660. The minimum Gasteiger partial charge on any atom is -0.397 e. The van der Waals surface area contributed by atoms with Gasteiger partial charge in [-0.15, -0.1) is 0 Å². The van der Waals surface area contributed by atoms with Crippen LogP contribution in [0.5, 0.6) is 0 Å². The molecule has 0 saturated carbocycles. The predicted molar refractivity (Wildman–Crippen MR) is 48.2 cm³/mol. The predicted octanol–water partition coefficient (Wildman–Crippen LogP) is 1.92. The molecule has 0 unspecified atom stereocenters. The number of hydrogen-bond acceptors (Lipinski definition) is 2. The number of anilines is 1. The van der Waals surface area contributed by atoms with E-state index in [9.17, 15) is 0 Å². The third-order valence-corrected chi connectivity index (χ3v) is 1.62. The SMILES string of the molecule is C=Cc1nc(C)cc(C)c1N. The van der Waals surface area contributed by atoms with E-state index in [1.165, 1.54) is 0 Å². The third-order valence-electron chi connectivity index (χ3n) is 1.62. The summed E-state index contributed by atoms with van der Waals surface area (Å²) in [6.07, 6.45) is 1.68. The molecule has 0 aliphatic rings. The summed E-state index contributed by atoms with van der Waals surface area (Å²) in [5, 5.41) is 0.